The molecule has 0 fully saturated rings. The Labute approximate surface area is 124 Å². The molecule has 2 aromatic rings. The van der Waals surface area contributed by atoms with Gasteiger partial charge >= 0.3 is 6.18 Å². The number of hydrogen-bond acceptors (Lipinski definition) is 3. The highest BCUT2D eigenvalue weighted by Crippen LogP contribution is 2.35. The van der Waals surface area contributed by atoms with E-state index in [0.717, 1.165) is 40.4 Å². The van der Waals surface area contributed by atoms with Gasteiger partial charge in [-0.05, 0) is 47.3 Å². The highest BCUT2D eigenvalue weighted by molar-refractivity contribution is 7.97. The Morgan fingerprint density at radius 1 is 1.00 bits per heavy atom. The third-order valence-corrected chi connectivity index (χ3v) is 4.02. The summed E-state index contributed by atoms with van der Waals surface area (Å²) in [6.07, 6.45) is -4.31. The van der Waals surface area contributed by atoms with Crippen molar-refractivity contribution in [1.82, 2.24) is 4.72 Å². The molecule has 0 aliphatic carbocycles. The lowest BCUT2D eigenvalue weighted by molar-refractivity contribution is -0.137. The van der Waals surface area contributed by atoms with E-state index in [9.17, 15) is 13.2 Å². The monoisotopic (exact) mass is 311 g/mol. The molecule has 0 unspecified atom stereocenters. The molecule has 0 saturated heterocycles. The van der Waals surface area contributed by atoms with Crippen LogP contribution in [-0.4, -0.2) is 13.2 Å². The van der Waals surface area contributed by atoms with Crippen LogP contribution in [-0.2, 0) is 6.18 Å². The van der Waals surface area contributed by atoms with Gasteiger partial charge in [-0.25, -0.2) is 0 Å². The van der Waals surface area contributed by atoms with Gasteiger partial charge in [0, 0.05) is 6.54 Å². The Morgan fingerprint density at radius 2 is 1.71 bits per heavy atom. The molecule has 0 spiro atoms. The summed E-state index contributed by atoms with van der Waals surface area (Å²) in [4.78, 5) is 0.935. The minimum atomic E-state index is -4.31. The number of benzene rings is 2. The molecule has 0 amide bonds. The lowest BCUT2D eigenvalue weighted by Crippen LogP contribution is -2.10. The summed E-state index contributed by atoms with van der Waals surface area (Å²) in [5.74, 6) is 0.792. The predicted octanol–water partition coefficient (Wildman–Crippen LogP) is 4.36. The van der Waals surface area contributed by atoms with Crippen molar-refractivity contribution in [1.29, 1.82) is 0 Å². The fraction of sp³-hybridized carbons (Fsp3) is 0.200. The zero-order valence-electron chi connectivity index (χ0n) is 10.9. The van der Waals surface area contributed by atoms with Gasteiger partial charge in [-0.15, -0.1) is 0 Å². The molecular formula is C15H12F3NOS. The minimum Gasteiger partial charge on any atom is -0.491 e. The molecule has 0 radical (unpaired) electrons. The number of alkyl halides is 3. The van der Waals surface area contributed by atoms with Crippen molar-refractivity contribution < 1.29 is 17.9 Å². The third-order valence-electron chi connectivity index (χ3n) is 3.13. The average molecular weight is 311 g/mol. The second-order valence-electron chi connectivity index (χ2n) is 4.58. The summed E-state index contributed by atoms with van der Waals surface area (Å²) in [5.41, 5.74) is 0.971. The molecule has 2 nitrogen and oxygen atoms in total. The van der Waals surface area contributed by atoms with Crippen molar-refractivity contribution in [2.45, 2.75) is 11.1 Å². The van der Waals surface area contributed by atoms with Gasteiger partial charge < -0.3 is 4.74 Å². The van der Waals surface area contributed by atoms with Gasteiger partial charge in [-0.3, -0.25) is 4.72 Å². The summed E-state index contributed by atoms with van der Waals surface area (Å²) in [6, 6.07) is 10.8. The molecule has 0 saturated carbocycles. The Balaban J connectivity index is 1.92. The number of halogens is 3. The number of nitrogens with one attached hydrogen (secondary N) is 1. The largest absolute Gasteiger partial charge is 0.491 e. The first kappa shape index (κ1) is 14.3. The van der Waals surface area contributed by atoms with Gasteiger partial charge in [0.2, 0.25) is 0 Å². The van der Waals surface area contributed by atoms with Crippen LogP contribution < -0.4 is 9.46 Å². The van der Waals surface area contributed by atoms with Crippen molar-refractivity contribution in [3.05, 3.63) is 48.0 Å². The van der Waals surface area contributed by atoms with Gasteiger partial charge in [0.05, 0.1) is 10.5 Å². The molecule has 0 bridgehead atoms. The van der Waals surface area contributed by atoms with Gasteiger partial charge in [0.25, 0.3) is 0 Å². The standard InChI is InChI=1S/C15H12F3NOS/c16-15(17,18)12-4-1-10(2-5-12)11-3-6-13-14(9-11)21-19-7-8-20-13/h1-6,9,19H,7-8H2. The normalized spacial score (nSPS) is 15.0. The highest BCUT2D eigenvalue weighted by atomic mass is 32.2. The lowest BCUT2D eigenvalue weighted by Gasteiger charge is -2.10. The lowest BCUT2D eigenvalue weighted by atomic mass is 10.0. The van der Waals surface area contributed by atoms with Crippen LogP contribution in [0.3, 0.4) is 0 Å². The molecule has 1 aliphatic rings. The maximum atomic E-state index is 12.6. The Morgan fingerprint density at radius 3 is 2.43 bits per heavy atom. The first-order chi connectivity index (χ1) is 10.0. The fourth-order valence-electron chi connectivity index (χ4n) is 2.07. The van der Waals surface area contributed by atoms with Crippen LogP contribution in [0.2, 0.25) is 0 Å². The van der Waals surface area contributed by atoms with Crippen LogP contribution in [0.4, 0.5) is 13.2 Å². The van der Waals surface area contributed by atoms with E-state index in [0.29, 0.717) is 6.61 Å². The van der Waals surface area contributed by atoms with Gasteiger partial charge in [-0.2, -0.15) is 13.2 Å². The average Bonchev–Trinajstić information content (AvgIpc) is 2.71. The second kappa shape index (κ2) is 5.61. The SMILES string of the molecule is FC(F)(F)c1ccc(-c2ccc3c(c2)SNCCO3)cc1. The molecule has 6 heteroatoms. The molecule has 0 atom stereocenters. The van der Waals surface area contributed by atoms with Gasteiger partial charge in [0.1, 0.15) is 12.4 Å². The van der Waals surface area contributed by atoms with E-state index in [1.807, 2.05) is 18.2 Å². The summed E-state index contributed by atoms with van der Waals surface area (Å²) in [6.45, 7) is 1.34. The molecule has 3 rings (SSSR count). The van der Waals surface area contributed by atoms with Crippen molar-refractivity contribution >= 4 is 11.9 Å². The first-order valence-electron chi connectivity index (χ1n) is 6.38. The van der Waals surface area contributed by atoms with E-state index in [2.05, 4.69) is 4.72 Å². The van der Waals surface area contributed by atoms with Gasteiger partial charge in [0.15, 0.2) is 0 Å². The molecule has 110 valence electrons. The molecule has 1 heterocycles. The molecule has 1 N–H and O–H groups in total. The van der Waals surface area contributed by atoms with E-state index < -0.39 is 11.7 Å². The van der Waals surface area contributed by atoms with Crippen LogP contribution in [0, 0.1) is 0 Å². The maximum Gasteiger partial charge on any atom is 0.416 e. The van der Waals surface area contributed by atoms with Gasteiger partial charge in [-0.1, -0.05) is 18.2 Å². The Kier molecular flexibility index (Phi) is 3.82. The van der Waals surface area contributed by atoms with Crippen LogP contribution >= 0.6 is 11.9 Å². The van der Waals surface area contributed by atoms with Crippen LogP contribution in [0.15, 0.2) is 47.4 Å². The van der Waals surface area contributed by atoms with Crippen LogP contribution in [0.1, 0.15) is 5.56 Å². The summed E-state index contributed by atoms with van der Waals surface area (Å²) < 4.78 is 46.4. The first-order valence-corrected chi connectivity index (χ1v) is 7.20. The maximum absolute atomic E-state index is 12.6. The van der Waals surface area contributed by atoms with Crippen molar-refractivity contribution in [2.75, 3.05) is 13.2 Å². The zero-order chi connectivity index (χ0) is 14.9. The third kappa shape index (κ3) is 3.16. The Hall–Kier alpha value is -1.66. The minimum absolute atomic E-state index is 0.597. The smallest absolute Gasteiger partial charge is 0.416 e. The number of fused-ring (bicyclic) bond motifs is 1. The Bertz CT molecular complexity index is 640. The van der Waals surface area contributed by atoms with E-state index in [-0.39, 0.29) is 0 Å². The van der Waals surface area contributed by atoms with Crippen molar-refractivity contribution in [3.8, 4) is 16.9 Å². The number of rotatable bonds is 1. The number of hydrogen-bond donors (Lipinski definition) is 1. The molecule has 21 heavy (non-hydrogen) atoms. The van der Waals surface area contributed by atoms with E-state index in [1.165, 1.54) is 24.1 Å². The fourth-order valence-corrected chi connectivity index (χ4v) is 2.82. The zero-order valence-corrected chi connectivity index (χ0v) is 11.7. The van der Waals surface area contributed by atoms with Crippen molar-refractivity contribution in [3.63, 3.8) is 0 Å². The second-order valence-corrected chi connectivity index (χ2v) is 5.51. The molecule has 1 aliphatic heterocycles. The van der Waals surface area contributed by atoms with Crippen molar-refractivity contribution in [2.24, 2.45) is 0 Å². The van der Waals surface area contributed by atoms with Crippen LogP contribution in [0.25, 0.3) is 11.1 Å². The highest BCUT2D eigenvalue weighted by Gasteiger charge is 2.29. The summed E-state index contributed by atoms with van der Waals surface area (Å²) in [7, 11) is 0. The molecule has 0 aromatic heterocycles. The quantitative estimate of drug-likeness (QED) is 0.791. The summed E-state index contributed by atoms with van der Waals surface area (Å²) in [5, 5.41) is 0. The topological polar surface area (TPSA) is 21.3 Å². The predicted molar refractivity (Wildman–Crippen MR) is 76.2 cm³/mol. The molecular weight excluding hydrogens is 299 g/mol. The summed E-state index contributed by atoms with van der Waals surface area (Å²) >= 11 is 1.47. The number of ether oxygens (including phenoxy) is 1. The van der Waals surface area contributed by atoms with E-state index in [4.69, 9.17) is 4.74 Å². The molecule has 2 aromatic carbocycles. The van der Waals surface area contributed by atoms with Crippen LogP contribution in [0.5, 0.6) is 5.75 Å². The van der Waals surface area contributed by atoms with E-state index >= 15 is 0 Å². The van der Waals surface area contributed by atoms with E-state index in [1.54, 1.807) is 0 Å².